The summed E-state index contributed by atoms with van der Waals surface area (Å²) in [7, 11) is -1.99. The highest BCUT2D eigenvalue weighted by molar-refractivity contribution is 7.04. The number of benzene rings is 8. The summed E-state index contributed by atoms with van der Waals surface area (Å²) in [5.74, 6) is 0.571. The third kappa shape index (κ3) is 5.71. The van der Waals surface area contributed by atoms with Crippen molar-refractivity contribution in [3.8, 4) is 55.6 Å². The molecule has 8 aromatic carbocycles. The standard InChI is InChI=1S/C61H52Si/c1-8-9-19-40-24-18-26-45(39(40)3)49-35-52-51(32-38(49)2)60(44-29-31-47-46-30-28-43(41-20-12-10-13-21-41)33-55(46)61(4,5)56(47)34-44)53-36-50-48-25-16-17-27-57(48)62(6,7)58(50)37-54(53)59(52)42-22-14-11-15-23-42/h8-37,39,45H,1H2,2-7H3. The summed E-state index contributed by atoms with van der Waals surface area (Å²) in [6.45, 7) is 18.6. The molecule has 0 nitrogen and oxygen atoms in total. The first kappa shape index (κ1) is 38.4. The lowest BCUT2D eigenvalue weighted by molar-refractivity contribution is 0.609. The van der Waals surface area contributed by atoms with E-state index in [1.54, 1.807) is 0 Å². The molecule has 0 fully saturated rings. The maximum atomic E-state index is 3.96. The minimum Gasteiger partial charge on any atom is -0.0991 e. The maximum absolute atomic E-state index is 3.96. The average Bonchev–Trinajstić information content (AvgIpc) is 3.66. The Kier molecular flexibility index (Phi) is 8.83. The minimum absolute atomic E-state index is 0.172. The lowest BCUT2D eigenvalue weighted by Gasteiger charge is -2.28. The van der Waals surface area contributed by atoms with Crippen LogP contribution in [0, 0.1) is 12.8 Å². The van der Waals surface area contributed by atoms with Gasteiger partial charge in [0.2, 0.25) is 0 Å². The third-order valence-corrected chi connectivity index (χ3v) is 18.3. The third-order valence-electron chi connectivity index (χ3n) is 14.8. The van der Waals surface area contributed by atoms with Crippen molar-refractivity contribution in [2.24, 2.45) is 5.92 Å². The van der Waals surface area contributed by atoms with Crippen LogP contribution in [-0.2, 0) is 5.41 Å². The number of allylic oxidation sites excluding steroid dienone is 7. The molecule has 1 heterocycles. The largest absolute Gasteiger partial charge is 0.113 e. The topological polar surface area (TPSA) is 0 Å². The fourth-order valence-electron chi connectivity index (χ4n) is 11.5. The second-order valence-electron chi connectivity index (χ2n) is 19.0. The average molecular weight is 813 g/mol. The van der Waals surface area contributed by atoms with E-state index in [4.69, 9.17) is 0 Å². The van der Waals surface area contributed by atoms with E-state index < -0.39 is 8.07 Å². The van der Waals surface area contributed by atoms with Gasteiger partial charge in [0.15, 0.2) is 0 Å². The molecular formula is C61H52Si. The molecule has 11 rings (SSSR count). The highest BCUT2D eigenvalue weighted by Crippen LogP contribution is 2.53. The van der Waals surface area contributed by atoms with Crippen LogP contribution < -0.4 is 10.4 Å². The predicted molar refractivity (Wildman–Crippen MR) is 271 cm³/mol. The lowest BCUT2D eigenvalue weighted by Crippen LogP contribution is -2.49. The van der Waals surface area contributed by atoms with Crippen molar-refractivity contribution in [1.82, 2.24) is 0 Å². The van der Waals surface area contributed by atoms with E-state index >= 15 is 0 Å². The van der Waals surface area contributed by atoms with Gasteiger partial charge in [-0.2, -0.15) is 0 Å². The Morgan fingerprint density at radius 1 is 0.565 bits per heavy atom. The molecule has 0 saturated carbocycles. The number of aryl methyl sites for hydroxylation is 1. The smallest absolute Gasteiger partial charge is 0.0991 e. The van der Waals surface area contributed by atoms with Gasteiger partial charge in [0, 0.05) is 11.3 Å². The molecule has 0 radical (unpaired) electrons. The Balaban J connectivity index is 1.21. The van der Waals surface area contributed by atoms with Gasteiger partial charge in [0.1, 0.15) is 8.07 Å². The predicted octanol–water partition coefficient (Wildman–Crippen LogP) is 15.4. The second kappa shape index (κ2) is 14.3. The van der Waals surface area contributed by atoms with Crippen LogP contribution in [0.1, 0.15) is 48.9 Å². The molecule has 2 atom stereocenters. The molecule has 2 aliphatic carbocycles. The van der Waals surface area contributed by atoms with E-state index in [1.165, 1.54) is 115 Å². The van der Waals surface area contributed by atoms with Crippen LogP contribution in [-0.4, -0.2) is 8.07 Å². The highest BCUT2D eigenvalue weighted by atomic mass is 28.3. The van der Waals surface area contributed by atoms with Gasteiger partial charge in [-0.25, -0.2) is 0 Å². The van der Waals surface area contributed by atoms with Gasteiger partial charge in [0.25, 0.3) is 0 Å². The molecule has 3 aliphatic rings. The summed E-state index contributed by atoms with van der Waals surface area (Å²) in [4.78, 5) is 0. The van der Waals surface area contributed by atoms with Crippen LogP contribution in [0.15, 0.2) is 194 Å². The van der Waals surface area contributed by atoms with Crippen LogP contribution in [0.5, 0.6) is 0 Å². The van der Waals surface area contributed by atoms with Crippen molar-refractivity contribution < 1.29 is 0 Å². The summed E-state index contributed by atoms with van der Waals surface area (Å²) in [5.41, 5.74) is 19.9. The maximum Gasteiger partial charge on any atom is 0.113 e. The van der Waals surface area contributed by atoms with Gasteiger partial charge in [-0.3, -0.25) is 0 Å². The van der Waals surface area contributed by atoms with Gasteiger partial charge in [0.05, 0.1) is 0 Å². The Labute approximate surface area is 368 Å². The van der Waals surface area contributed by atoms with E-state index in [1.807, 2.05) is 6.08 Å². The highest BCUT2D eigenvalue weighted by Gasteiger charge is 2.39. The SMILES string of the molecule is C=CC=CC1=CC=CC(c2cc3c(-c4ccccc4)c4cc5c(cc4c(-c4ccc6c(c4)C(C)(C)c4cc(-c7ccccc7)ccc4-6)c3cc2C)-c2ccccc2[Si]5(C)C)C1C. The van der Waals surface area contributed by atoms with Gasteiger partial charge < -0.3 is 0 Å². The zero-order valence-corrected chi connectivity index (χ0v) is 37.7. The quantitative estimate of drug-likeness (QED) is 0.0891. The molecule has 2 unspecified atom stereocenters. The van der Waals surface area contributed by atoms with Gasteiger partial charge >= 0.3 is 0 Å². The van der Waals surface area contributed by atoms with Crippen LogP contribution in [0.25, 0.3) is 77.2 Å². The molecule has 0 N–H and O–H groups in total. The molecular weight excluding hydrogens is 761 g/mol. The molecule has 0 aromatic heterocycles. The monoisotopic (exact) mass is 812 g/mol. The summed E-state index contributed by atoms with van der Waals surface area (Å²) in [6, 6.07) is 56.0. The molecule has 1 heteroatoms. The van der Waals surface area contributed by atoms with Crippen molar-refractivity contribution in [2.75, 3.05) is 0 Å². The zero-order chi connectivity index (χ0) is 42.5. The molecule has 0 saturated heterocycles. The Morgan fingerprint density at radius 2 is 1.16 bits per heavy atom. The van der Waals surface area contributed by atoms with Gasteiger partial charge in [-0.15, -0.1) is 0 Å². The molecule has 300 valence electrons. The van der Waals surface area contributed by atoms with Crippen molar-refractivity contribution in [3.63, 3.8) is 0 Å². The van der Waals surface area contributed by atoms with Crippen molar-refractivity contribution in [1.29, 1.82) is 0 Å². The first-order chi connectivity index (χ1) is 30.1. The molecule has 0 amide bonds. The van der Waals surface area contributed by atoms with Crippen LogP contribution in [0.2, 0.25) is 13.1 Å². The van der Waals surface area contributed by atoms with Crippen molar-refractivity contribution >= 4 is 40.0 Å². The van der Waals surface area contributed by atoms with Crippen LogP contribution in [0.4, 0.5) is 0 Å². The van der Waals surface area contributed by atoms with E-state index in [0.717, 1.165) is 0 Å². The first-order valence-electron chi connectivity index (χ1n) is 22.3. The number of hydrogen-bond acceptors (Lipinski definition) is 0. The molecule has 0 spiro atoms. The summed E-state index contributed by atoms with van der Waals surface area (Å²) >= 11 is 0. The van der Waals surface area contributed by atoms with Gasteiger partial charge in [-0.1, -0.05) is 198 Å². The number of hydrogen-bond donors (Lipinski definition) is 0. The molecule has 1 aliphatic heterocycles. The molecule has 62 heavy (non-hydrogen) atoms. The normalized spacial score (nSPS) is 17.8. The lowest BCUT2D eigenvalue weighted by atomic mass is 9.75. The van der Waals surface area contributed by atoms with Gasteiger partial charge in [-0.05, 0) is 152 Å². The Hall–Kier alpha value is -6.54. The minimum atomic E-state index is -1.99. The van der Waals surface area contributed by atoms with E-state index in [-0.39, 0.29) is 11.3 Å². The van der Waals surface area contributed by atoms with Crippen molar-refractivity contribution in [3.05, 3.63) is 216 Å². The summed E-state index contributed by atoms with van der Waals surface area (Å²) in [5, 5.41) is 8.38. The van der Waals surface area contributed by atoms with Crippen LogP contribution >= 0.6 is 0 Å². The zero-order valence-electron chi connectivity index (χ0n) is 36.7. The Morgan fingerprint density at radius 3 is 1.89 bits per heavy atom. The van der Waals surface area contributed by atoms with E-state index in [0.29, 0.717) is 5.92 Å². The molecule has 8 aromatic rings. The fraction of sp³-hybridized carbons (Fsp3) is 0.148. The summed E-state index contributed by atoms with van der Waals surface area (Å²) < 4.78 is 0. The fourth-order valence-corrected chi connectivity index (χ4v) is 14.5. The molecule has 0 bridgehead atoms. The van der Waals surface area contributed by atoms with E-state index in [9.17, 15) is 0 Å². The number of rotatable bonds is 6. The summed E-state index contributed by atoms with van der Waals surface area (Å²) in [6.07, 6.45) is 13.1. The second-order valence-corrected chi connectivity index (χ2v) is 23.3. The number of fused-ring (bicyclic) bond motifs is 8. The van der Waals surface area contributed by atoms with Crippen molar-refractivity contribution in [2.45, 2.75) is 52.1 Å². The first-order valence-corrected chi connectivity index (χ1v) is 25.3. The van der Waals surface area contributed by atoms with Crippen LogP contribution in [0.3, 0.4) is 0 Å². The van der Waals surface area contributed by atoms with E-state index in [2.05, 4.69) is 223 Å². The Bertz CT molecular complexity index is 3260.